The van der Waals surface area contributed by atoms with Gasteiger partial charge in [0.2, 0.25) is 5.82 Å². The van der Waals surface area contributed by atoms with Crippen molar-refractivity contribution >= 4 is 16.9 Å². The predicted octanol–water partition coefficient (Wildman–Crippen LogP) is 4.20. The highest BCUT2D eigenvalue weighted by Gasteiger charge is 2.20. The molecule has 0 saturated carbocycles. The third-order valence-corrected chi connectivity index (χ3v) is 4.44. The first-order chi connectivity index (χ1) is 14.1. The number of H-pyrrole nitrogens is 2. The molecule has 0 saturated heterocycles. The van der Waals surface area contributed by atoms with E-state index in [-0.39, 0.29) is 12.4 Å². The fourth-order valence-electron chi connectivity index (χ4n) is 3.18. The SMILES string of the molecule is CCOC(=O)c1nc2c(-c3ccccc3Oc3ccccc3)[nH]c(C)c2c(=O)[nH]1. The van der Waals surface area contributed by atoms with Crippen molar-refractivity contribution in [3.63, 3.8) is 0 Å². The second kappa shape index (κ2) is 7.63. The molecule has 0 aliphatic carbocycles. The second-order valence-electron chi connectivity index (χ2n) is 6.39. The van der Waals surface area contributed by atoms with Crippen LogP contribution in [0.1, 0.15) is 23.2 Å². The molecule has 146 valence electrons. The molecule has 0 aliphatic rings. The molecule has 2 heterocycles. The van der Waals surface area contributed by atoms with Gasteiger partial charge in [0.05, 0.1) is 17.7 Å². The first-order valence-corrected chi connectivity index (χ1v) is 9.20. The first-order valence-electron chi connectivity index (χ1n) is 9.20. The maximum atomic E-state index is 12.6. The molecule has 2 N–H and O–H groups in total. The standard InChI is InChI=1S/C22H19N3O4/c1-3-28-22(27)20-24-19-17(21(26)25-20)13(2)23-18(19)15-11-7-8-12-16(15)29-14-9-5-4-6-10-14/h4-12,23H,3H2,1-2H3,(H,24,25,26). The van der Waals surface area contributed by atoms with E-state index in [0.717, 1.165) is 5.56 Å². The zero-order valence-corrected chi connectivity index (χ0v) is 16.0. The van der Waals surface area contributed by atoms with E-state index in [9.17, 15) is 9.59 Å². The highest BCUT2D eigenvalue weighted by molar-refractivity contribution is 5.97. The lowest BCUT2D eigenvalue weighted by atomic mass is 10.1. The van der Waals surface area contributed by atoms with Gasteiger partial charge >= 0.3 is 5.97 Å². The van der Waals surface area contributed by atoms with Crippen LogP contribution in [0.3, 0.4) is 0 Å². The fourth-order valence-corrected chi connectivity index (χ4v) is 3.18. The Hall–Kier alpha value is -3.87. The normalized spacial score (nSPS) is 10.8. The molecule has 4 aromatic rings. The molecule has 0 atom stereocenters. The molecular formula is C22H19N3O4. The first kappa shape index (κ1) is 18.5. The lowest BCUT2D eigenvalue weighted by molar-refractivity contribution is 0.0512. The third kappa shape index (κ3) is 3.50. The number of carbonyl (C=O) groups is 1. The van der Waals surface area contributed by atoms with Crippen molar-refractivity contribution in [1.82, 2.24) is 15.0 Å². The molecular weight excluding hydrogens is 370 g/mol. The van der Waals surface area contributed by atoms with Crippen LogP contribution in [0.15, 0.2) is 59.4 Å². The number of nitrogens with zero attached hydrogens (tertiary/aromatic N) is 1. The molecule has 0 fully saturated rings. The van der Waals surface area contributed by atoms with Crippen molar-refractivity contribution < 1.29 is 14.3 Å². The van der Waals surface area contributed by atoms with E-state index in [2.05, 4.69) is 15.0 Å². The van der Waals surface area contributed by atoms with Crippen LogP contribution in [0.5, 0.6) is 11.5 Å². The van der Waals surface area contributed by atoms with Gasteiger partial charge in [-0.25, -0.2) is 9.78 Å². The van der Waals surface area contributed by atoms with Gasteiger partial charge in [0.25, 0.3) is 5.56 Å². The number of nitrogens with one attached hydrogen (secondary N) is 2. The molecule has 0 amide bonds. The van der Waals surface area contributed by atoms with Gasteiger partial charge in [-0.05, 0) is 38.1 Å². The Kier molecular flexibility index (Phi) is 4.87. The Morgan fingerprint density at radius 3 is 2.52 bits per heavy atom. The number of ether oxygens (including phenoxy) is 2. The number of fused-ring (bicyclic) bond motifs is 1. The number of hydrogen-bond acceptors (Lipinski definition) is 5. The van der Waals surface area contributed by atoms with E-state index in [4.69, 9.17) is 9.47 Å². The van der Waals surface area contributed by atoms with Crippen molar-refractivity contribution in [2.45, 2.75) is 13.8 Å². The number of esters is 1. The summed E-state index contributed by atoms with van der Waals surface area (Å²) in [5, 5.41) is 0.391. The number of aromatic amines is 2. The summed E-state index contributed by atoms with van der Waals surface area (Å²) in [7, 11) is 0. The molecule has 0 bridgehead atoms. The summed E-state index contributed by atoms with van der Waals surface area (Å²) < 4.78 is 11.0. The van der Waals surface area contributed by atoms with Crippen molar-refractivity contribution in [3.05, 3.63) is 76.5 Å². The van der Waals surface area contributed by atoms with Crippen LogP contribution in [0.4, 0.5) is 0 Å². The monoisotopic (exact) mass is 389 g/mol. The van der Waals surface area contributed by atoms with Gasteiger partial charge in [-0.1, -0.05) is 30.3 Å². The topological polar surface area (TPSA) is 97.1 Å². The number of carbonyl (C=O) groups excluding carboxylic acids is 1. The van der Waals surface area contributed by atoms with E-state index in [0.29, 0.717) is 33.8 Å². The number of rotatable bonds is 5. The van der Waals surface area contributed by atoms with E-state index in [1.165, 1.54) is 0 Å². The molecule has 2 aromatic carbocycles. The van der Waals surface area contributed by atoms with Gasteiger partial charge in [0.1, 0.15) is 17.0 Å². The summed E-state index contributed by atoms with van der Waals surface area (Å²) in [5.41, 5.74) is 1.95. The van der Waals surface area contributed by atoms with E-state index in [1.54, 1.807) is 13.8 Å². The van der Waals surface area contributed by atoms with E-state index >= 15 is 0 Å². The minimum absolute atomic E-state index is 0.133. The minimum atomic E-state index is -0.676. The number of aryl methyl sites for hydroxylation is 1. The second-order valence-corrected chi connectivity index (χ2v) is 6.39. The van der Waals surface area contributed by atoms with Gasteiger partial charge < -0.3 is 19.4 Å². The van der Waals surface area contributed by atoms with Crippen LogP contribution in [-0.4, -0.2) is 27.5 Å². The maximum Gasteiger partial charge on any atom is 0.374 e. The van der Waals surface area contributed by atoms with Crippen LogP contribution in [0, 0.1) is 6.92 Å². The zero-order chi connectivity index (χ0) is 20.4. The summed E-state index contributed by atoms with van der Waals surface area (Å²) in [6.45, 7) is 3.67. The molecule has 7 nitrogen and oxygen atoms in total. The lowest BCUT2D eigenvalue weighted by Gasteiger charge is -2.10. The van der Waals surface area contributed by atoms with Crippen molar-refractivity contribution in [2.75, 3.05) is 6.61 Å². The van der Waals surface area contributed by atoms with Gasteiger partial charge in [-0.3, -0.25) is 4.79 Å². The zero-order valence-electron chi connectivity index (χ0n) is 16.0. The smallest absolute Gasteiger partial charge is 0.374 e. The predicted molar refractivity (Wildman–Crippen MR) is 109 cm³/mol. The highest BCUT2D eigenvalue weighted by Crippen LogP contribution is 2.36. The number of para-hydroxylation sites is 2. The number of benzene rings is 2. The van der Waals surface area contributed by atoms with Crippen LogP contribution in [0.2, 0.25) is 0 Å². The molecule has 7 heteroatoms. The van der Waals surface area contributed by atoms with Crippen LogP contribution < -0.4 is 10.3 Å². The molecule has 0 unspecified atom stereocenters. The van der Waals surface area contributed by atoms with Crippen LogP contribution >= 0.6 is 0 Å². The molecule has 0 radical (unpaired) electrons. The van der Waals surface area contributed by atoms with Crippen molar-refractivity contribution in [3.8, 4) is 22.8 Å². The molecule has 0 aliphatic heterocycles. The number of aromatic nitrogens is 3. The lowest BCUT2D eigenvalue weighted by Crippen LogP contribution is -2.17. The third-order valence-electron chi connectivity index (χ3n) is 4.44. The Bertz CT molecular complexity index is 1240. The quantitative estimate of drug-likeness (QED) is 0.499. The van der Waals surface area contributed by atoms with Gasteiger partial charge in [-0.2, -0.15) is 0 Å². The molecule has 29 heavy (non-hydrogen) atoms. The molecule has 0 spiro atoms. The Labute approximate surface area is 166 Å². The summed E-state index contributed by atoms with van der Waals surface area (Å²) in [4.78, 5) is 34.8. The van der Waals surface area contributed by atoms with Crippen molar-refractivity contribution in [2.24, 2.45) is 0 Å². The number of hydrogen-bond donors (Lipinski definition) is 2. The molecule has 2 aromatic heterocycles. The summed E-state index contributed by atoms with van der Waals surface area (Å²) in [6, 6.07) is 16.8. The minimum Gasteiger partial charge on any atom is -0.460 e. The van der Waals surface area contributed by atoms with E-state index < -0.39 is 11.5 Å². The Balaban J connectivity index is 1.89. The summed E-state index contributed by atoms with van der Waals surface area (Å²) >= 11 is 0. The van der Waals surface area contributed by atoms with Gasteiger partial charge in [-0.15, -0.1) is 0 Å². The average Bonchev–Trinajstić information content (AvgIpc) is 3.06. The largest absolute Gasteiger partial charge is 0.460 e. The van der Waals surface area contributed by atoms with Crippen LogP contribution in [-0.2, 0) is 4.74 Å². The average molecular weight is 389 g/mol. The Morgan fingerprint density at radius 1 is 1.03 bits per heavy atom. The van der Waals surface area contributed by atoms with E-state index in [1.807, 2.05) is 54.6 Å². The molecule has 4 rings (SSSR count). The summed E-state index contributed by atoms with van der Waals surface area (Å²) in [5.74, 6) is 0.475. The Morgan fingerprint density at radius 2 is 1.76 bits per heavy atom. The highest BCUT2D eigenvalue weighted by atomic mass is 16.5. The van der Waals surface area contributed by atoms with Crippen LogP contribution in [0.25, 0.3) is 22.2 Å². The fraction of sp³-hybridized carbons (Fsp3) is 0.136. The van der Waals surface area contributed by atoms with Crippen molar-refractivity contribution in [1.29, 1.82) is 0 Å². The van der Waals surface area contributed by atoms with Gasteiger partial charge in [0, 0.05) is 11.3 Å². The maximum absolute atomic E-state index is 12.6. The summed E-state index contributed by atoms with van der Waals surface area (Å²) in [6.07, 6.45) is 0. The van der Waals surface area contributed by atoms with Gasteiger partial charge in [0.15, 0.2) is 0 Å².